The third-order valence-corrected chi connectivity index (χ3v) is 2.83. The van der Waals surface area contributed by atoms with Crippen molar-refractivity contribution >= 4 is 27.6 Å². The molecular formula is C12H7BrF5N3. The van der Waals surface area contributed by atoms with Crippen molar-refractivity contribution in [1.82, 2.24) is 9.97 Å². The number of halogens is 6. The van der Waals surface area contributed by atoms with Crippen LogP contribution in [0, 0.1) is 0 Å². The van der Waals surface area contributed by atoms with E-state index in [0.717, 1.165) is 18.3 Å². The first-order valence-electron chi connectivity index (χ1n) is 5.51. The van der Waals surface area contributed by atoms with Crippen molar-refractivity contribution in [3.63, 3.8) is 0 Å². The second kappa shape index (κ2) is 5.92. The topological polar surface area (TPSA) is 37.8 Å². The van der Waals surface area contributed by atoms with Gasteiger partial charge < -0.3 is 5.32 Å². The third-order valence-electron chi connectivity index (χ3n) is 2.37. The molecule has 0 fully saturated rings. The Balaban J connectivity index is 2.30. The van der Waals surface area contributed by atoms with E-state index in [9.17, 15) is 22.0 Å². The lowest BCUT2D eigenvalue weighted by molar-refractivity contribution is -0.141. The average molecular weight is 368 g/mol. The Bertz CT molecular complexity index is 645. The number of nitrogens with zero attached hydrogens (tertiary/aromatic N) is 2. The highest BCUT2D eigenvalue weighted by Crippen LogP contribution is 2.30. The molecule has 0 atom stereocenters. The molecule has 2 rings (SSSR count). The average Bonchev–Trinajstić information content (AvgIpc) is 2.37. The molecule has 21 heavy (non-hydrogen) atoms. The second-order valence-electron chi connectivity index (χ2n) is 3.96. The summed E-state index contributed by atoms with van der Waals surface area (Å²) in [7, 11) is 0. The van der Waals surface area contributed by atoms with Crippen LogP contribution < -0.4 is 5.32 Å². The van der Waals surface area contributed by atoms with Crippen LogP contribution in [-0.2, 0) is 6.18 Å². The van der Waals surface area contributed by atoms with Crippen molar-refractivity contribution < 1.29 is 22.0 Å². The Labute approximate surface area is 124 Å². The fourth-order valence-corrected chi connectivity index (χ4v) is 2.03. The van der Waals surface area contributed by atoms with Crippen LogP contribution >= 0.6 is 15.9 Å². The molecule has 0 aliphatic carbocycles. The molecule has 0 saturated carbocycles. The van der Waals surface area contributed by atoms with Crippen molar-refractivity contribution in [2.24, 2.45) is 0 Å². The van der Waals surface area contributed by atoms with Crippen molar-refractivity contribution in [2.75, 3.05) is 5.32 Å². The molecule has 0 aliphatic rings. The predicted octanol–water partition coefficient (Wildman–Crippen LogP) is 4.94. The minimum atomic E-state index is -4.61. The molecule has 0 unspecified atom stereocenters. The molecule has 0 bridgehead atoms. The fourth-order valence-electron chi connectivity index (χ4n) is 1.52. The highest BCUT2D eigenvalue weighted by Gasteiger charge is 2.32. The van der Waals surface area contributed by atoms with Gasteiger partial charge >= 0.3 is 6.18 Å². The van der Waals surface area contributed by atoms with Crippen LogP contribution in [0.5, 0.6) is 0 Å². The van der Waals surface area contributed by atoms with E-state index < -0.39 is 18.3 Å². The van der Waals surface area contributed by atoms with Gasteiger partial charge in [-0.1, -0.05) is 15.9 Å². The third kappa shape index (κ3) is 4.10. The van der Waals surface area contributed by atoms with Crippen molar-refractivity contribution in [1.29, 1.82) is 0 Å². The highest BCUT2D eigenvalue weighted by atomic mass is 79.9. The maximum Gasteiger partial charge on any atom is 0.433 e. The van der Waals surface area contributed by atoms with Gasteiger partial charge in [-0.3, -0.25) is 0 Å². The summed E-state index contributed by atoms with van der Waals surface area (Å²) >= 11 is 3.05. The number of nitrogens with one attached hydrogen (secondary N) is 1. The maximum atomic E-state index is 12.7. The summed E-state index contributed by atoms with van der Waals surface area (Å²) in [5.74, 6) is -0.330. The molecule has 3 nitrogen and oxygen atoms in total. The molecule has 1 aromatic carbocycles. The Morgan fingerprint density at radius 1 is 1.14 bits per heavy atom. The Kier molecular flexibility index (Phi) is 4.40. The van der Waals surface area contributed by atoms with Gasteiger partial charge in [-0.15, -0.1) is 0 Å². The zero-order valence-electron chi connectivity index (χ0n) is 10.1. The number of aromatic nitrogens is 2. The Hall–Kier alpha value is -1.77. The smallest absolute Gasteiger partial charge is 0.324 e. The number of hydrogen-bond donors (Lipinski definition) is 1. The van der Waals surface area contributed by atoms with Gasteiger partial charge in [-0.2, -0.15) is 13.2 Å². The van der Waals surface area contributed by atoms with Gasteiger partial charge in [0.05, 0.1) is 0 Å². The van der Waals surface area contributed by atoms with E-state index in [1.807, 2.05) is 0 Å². The van der Waals surface area contributed by atoms with Crippen molar-refractivity contribution in [2.45, 2.75) is 12.6 Å². The van der Waals surface area contributed by atoms with Gasteiger partial charge in [-0.05, 0) is 24.3 Å². The molecule has 0 aliphatic heterocycles. The van der Waals surface area contributed by atoms with E-state index in [0.29, 0.717) is 4.47 Å². The van der Waals surface area contributed by atoms with E-state index in [1.165, 1.54) is 12.1 Å². The lowest BCUT2D eigenvalue weighted by atomic mass is 10.2. The van der Waals surface area contributed by atoms with Gasteiger partial charge in [-0.25, -0.2) is 18.7 Å². The van der Waals surface area contributed by atoms with Gasteiger partial charge in [0.2, 0.25) is 5.95 Å². The number of rotatable bonds is 3. The van der Waals surface area contributed by atoms with Gasteiger partial charge in [0.1, 0.15) is 5.69 Å². The van der Waals surface area contributed by atoms with E-state index in [-0.39, 0.29) is 17.2 Å². The number of alkyl halides is 5. The minimum Gasteiger partial charge on any atom is -0.324 e. The van der Waals surface area contributed by atoms with Crippen LogP contribution in [0.2, 0.25) is 0 Å². The first-order chi connectivity index (χ1) is 9.75. The number of hydrogen-bond acceptors (Lipinski definition) is 3. The summed E-state index contributed by atoms with van der Waals surface area (Å²) in [5, 5.41) is 2.47. The minimum absolute atomic E-state index is 0.152. The summed E-state index contributed by atoms with van der Waals surface area (Å²) in [6.07, 6.45) is -6.37. The quantitative estimate of drug-likeness (QED) is 0.780. The van der Waals surface area contributed by atoms with Crippen LogP contribution in [0.1, 0.15) is 17.7 Å². The molecule has 2 aromatic rings. The molecule has 0 radical (unpaired) electrons. The summed E-state index contributed by atoms with van der Waals surface area (Å²) < 4.78 is 63.2. The van der Waals surface area contributed by atoms with Crippen LogP contribution in [-0.4, -0.2) is 9.97 Å². The molecule has 112 valence electrons. The van der Waals surface area contributed by atoms with Gasteiger partial charge in [0.25, 0.3) is 6.43 Å². The molecule has 0 saturated heterocycles. The summed E-state index contributed by atoms with van der Waals surface area (Å²) in [5.41, 5.74) is -1.25. The van der Waals surface area contributed by atoms with E-state index in [1.54, 1.807) is 0 Å². The Morgan fingerprint density at radius 3 is 2.48 bits per heavy atom. The molecule has 1 heterocycles. The van der Waals surface area contributed by atoms with Crippen LogP contribution in [0.3, 0.4) is 0 Å². The van der Waals surface area contributed by atoms with E-state index in [2.05, 4.69) is 31.2 Å². The zero-order valence-corrected chi connectivity index (χ0v) is 11.7. The normalized spacial score (nSPS) is 11.8. The molecule has 9 heteroatoms. The lowest BCUT2D eigenvalue weighted by Gasteiger charge is -2.10. The van der Waals surface area contributed by atoms with Crippen LogP contribution in [0.25, 0.3) is 0 Å². The molecule has 0 spiro atoms. The SMILES string of the molecule is FC(F)c1cc(Br)cc(Nc2nccc(C(F)(F)F)n2)c1. The van der Waals surface area contributed by atoms with Gasteiger partial charge in [0, 0.05) is 21.9 Å². The van der Waals surface area contributed by atoms with E-state index >= 15 is 0 Å². The Morgan fingerprint density at radius 2 is 1.86 bits per heavy atom. The van der Waals surface area contributed by atoms with Crippen LogP contribution in [0.4, 0.5) is 33.6 Å². The summed E-state index contributed by atoms with van der Waals surface area (Å²) in [6, 6.07) is 4.47. The predicted molar refractivity (Wildman–Crippen MR) is 69.4 cm³/mol. The zero-order chi connectivity index (χ0) is 15.6. The maximum absolute atomic E-state index is 12.7. The monoisotopic (exact) mass is 367 g/mol. The molecule has 1 N–H and O–H groups in total. The highest BCUT2D eigenvalue weighted by molar-refractivity contribution is 9.10. The fraction of sp³-hybridized carbons (Fsp3) is 0.167. The molecule has 0 amide bonds. The molecular weight excluding hydrogens is 361 g/mol. The second-order valence-corrected chi connectivity index (χ2v) is 4.88. The largest absolute Gasteiger partial charge is 0.433 e. The van der Waals surface area contributed by atoms with Crippen LogP contribution in [0.15, 0.2) is 34.9 Å². The lowest BCUT2D eigenvalue weighted by Crippen LogP contribution is -2.10. The first-order valence-corrected chi connectivity index (χ1v) is 6.31. The first kappa shape index (κ1) is 15.6. The van der Waals surface area contributed by atoms with E-state index in [4.69, 9.17) is 0 Å². The summed E-state index contributed by atoms with van der Waals surface area (Å²) in [6.45, 7) is 0. The molecule has 1 aromatic heterocycles. The standard InChI is InChI=1S/C12H7BrF5N3/c13-7-3-6(10(14)15)4-8(5-7)20-11-19-2-1-9(21-11)12(16,17)18/h1-5,10H,(H,19,20,21). The van der Waals surface area contributed by atoms with Crippen molar-refractivity contribution in [3.8, 4) is 0 Å². The van der Waals surface area contributed by atoms with Crippen molar-refractivity contribution in [3.05, 3.63) is 46.2 Å². The number of benzene rings is 1. The number of anilines is 2. The summed E-state index contributed by atoms with van der Waals surface area (Å²) in [4.78, 5) is 6.92. The van der Waals surface area contributed by atoms with Gasteiger partial charge in [0.15, 0.2) is 0 Å².